The first-order valence-electron chi connectivity index (χ1n) is 5.29. The summed E-state index contributed by atoms with van der Waals surface area (Å²) < 4.78 is 1.87. The summed E-state index contributed by atoms with van der Waals surface area (Å²) in [5, 5.41) is 8.93. The highest BCUT2D eigenvalue weighted by Gasteiger charge is 2.06. The highest BCUT2D eigenvalue weighted by Crippen LogP contribution is 2.18. The van der Waals surface area contributed by atoms with E-state index in [1.54, 1.807) is 0 Å². The Kier molecular flexibility index (Phi) is 2.73. The van der Waals surface area contributed by atoms with Crippen molar-refractivity contribution in [3.8, 4) is 0 Å². The summed E-state index contributed by atoms with van der Waals surface area (Å²) in [7, 11) is 3.96. The van der Waals surface area contributed by atoms with Gasteiger partial charge in [-0.15, -0.1) is 0 Å². The summed E-state index contributed by atoms with van der Waals surface area (Å²) in [6, 6.07) is 6.81. The molecule has 1 heterocycles. The molecule has 80 valence electrons. The highest BCUT2D eigenvalue weighted by molar-refractivity contribution is 5.81. The van der Waals surface area contributed by atoms with Gasteiger partial charge in [-0.2, -0.15) is 5.10 Å². The molecule has 2 rings (SSSR count). The minimum Gasteiger partial charge on any atom is -0.317 e. The average Bonchev–Trinajstić information content (AvgIpc) is 2.59. The summed E-state index contributed by atoms with van der Waals surface area (Å²) in [5.74, 6) is 0. The summed E-state index contributed by atoms with van der Waals surface area (Å²) in [5.41, 5.74) is 2.45. The van der Waals surface area contributed by atoms with Gasteiger partial charge >= 0.3 is 0 Å². The summed E-state index contributed by atoms with van der Waals surface area (Å²) in [6.45, 7) is 2.19. The molecule has 1 aromatic carbocycles. The molecule has 0 aliphatic heterocycles. The fourth-order valence-corrected chi connectivity index (χ4v) is 1.83. The molecule has 0 fully saturated rings. The summed E-state index contributed by atoms with van der Waals surface area (Å²) in [4.78, 5) is 0. The topological polar surface area (TPSA) is 29.9 Å². The zero-order valence-corrected chi connectivity index (χ0v) is 9.49. The molecule has 0 amide bonds. The maximum Gasteiger partial charge on any atom is 0.0925 e. The van der Waals surface area contributed by atoms with Crippen molar-refractivity contribution < 1.29 is 0 Å². The van der Waals surface area contributed by atoms with E-state index in [0.717, 1.165) is 11.9 Å². The van der Waals surface area contributed by atoms with Crippen LogP contribution in [0.15, 0.2) is 24.4 Å². The Labute approximate surface area is 90.1 Å². The lowest BCUT2D eigenvalue weighted by Gasteiger charge is -2.10. The third-order valence-electron chi connectivity index (χ3n) is 2.77. The third-order valence-corrected chi connectivity index (χ3v) is 2.77. The number of likely N-dealkylation sites (N-methyl/N-ethyl adjacent to an activating group) is 1. The van der Waals surface area contributed by atoms with Crippen molar-refractivity contribution in [3.63, 3.8) is 0 Å². The van der Waals surface area contributed by atoms with Crippen molar-refractivity contribution >= 4 is 10.9 Å². The van der Waals surface area contributed by atoms with Crippen LogP contribution in [0.2, 0.25) is 0 Å². The van der Waals surface area contributed by atoms with E-state index in [4.69, 9.17) is 0 Å². The average molecular weight is 203 g/mol. The van der Waals surface area contributed by atoms with E-state index < -0.39 is 0 Å². The van der Waals surface area contributed by atoms with Crippen LogP contribution >= 0.6 is 0 Å². The van der Waals surface area contributed by atoms with Gasteiger partial charge in [0.05, 0.1) is 5.52 Å². The largest absolute Gasteiger partial charge is 0.317 e. The van der Waals surface area contributed by atoms with Gasteiger partial charge in [0.1, 0.15) is 0 Å². The van der Waals surface area contributed by atoms with E-state index in [-0.39, 0.29) is 0 Å². The Morgan fingerprint density at radius 2 is 2.27 bits per heavy atom. The van der Waals surface area contributed by atoms with Gasteiger partial charge in [-0.05, 0) is 32.0 Å². The minimum absolute atomic E-state index is 0.496. The van der Waals surface area contributed by atoms with Crippen LogP contribution in [-0.4, -0.2) is 22.9 Å². The molecule has 0 saturated carbocycles. The molecule has 0 spiro atoms. The SMILES string of the molecule is CNC(C)Cc1cccc2nn(C)cc12. The molecule has 3 heteroatoms. The van der Waals surface area contributed by atoms with Crippen LogP contribution in [-0.2, 0) is 13.5 Å². The molecule has 0 aliphatic carbocycles. The number of nitrogens with one attached hydrogen (secondary N) is 1. The van der Waals surface area contributed by atoms with Gasteiger partial charge in [0.15, 0.2) is 0 Å². The van der Waals surface area contributed by atoms with Crippen molar-refractivity contribution in [2.24, 2.45) is 7.05 Å². The van der Waals surface area contributed by atoms with Crippen molar-refractivity contribution in [1.82, 2.24) is 15.1 Å². The number of benzene rings is 1. The zero-order valence-electron chi connectivity index (χ0n) is 9.49. The fraction of sp³-hybridized carbons (Fsp3) is 0.417. The van der Waals surface area contributed by atoms with Crippen molar-refractivity contribution in [3.05, 3.63) is 30.0 Å². The molecule has 1 atom stereocenters. The molecular formula is C12H17N3. The van der Waals surface area contributed by atoms with Crippen molar-refractivity contribution in [2.75, 3.05) is 7.05 Å². The number of aromatic nitrogens is 2. The van der Waals surface area contributed by atoms with Crippen LogP contribution in [0, 0.1) is 0 Å². The third kappa shape index (κ3) is 2.02. The van der Waals surface area contributed by atoms with Crippen LogP contribution in [0.25, 0.3) is 10.9 Å². The minimum atomic E-state index is 0.496. The van der Waals surface area contributed by atoms with Crippen LogP contribution in [0.4, 0.5) is 0 Å². The van der Waals surface area contributed by atoms with Crippen LogP contribution < -0.4 is 5.32 Å². The molecule has 0 bridgehead atoms. The molecule has 1 unspecified atom stereocenters. The summed E-state index contributed by atoms with van der Waals surface area (Å²) in [6.07, 6.45) is 3.13. The highest BCUT2D eigenvalue weighted by atomic mass is 15.2. The number of hydrogen-bond acceptors (Lipinski definition) is 2. The van der Waals surface area contributed by atoms with E-state index >= 15 is 0 Å². The van der Waals surface area contributed by atoms with Crippen LogP contribution in [0.3, 0.4) is 0 Å². The lowest BCUT2D eigenvalue weighted by Crippen LogP contribution is -2.23. The second kappa shape index (κ2) is 4.03. The number of aryl methyl sites for hydroxylation is 1. The number of fused-ring (bicyclic) bond motifs is 1. The van der Waals surface area contributed by atoms with E-state index in [2.05, 4.69) is 41.7 Å². The predicted octanol–water partition coefficient (Wildman–Crippen LogP) is 1.72. The van der Waals surface area contributed by atoms with Crippen molar-refractivity contribution in [1.29, 1.82) is 0 Å². The van der Waals surface area contributed by atoms with E-state index in [1.165, 1.54) is 10.9 Å². The van der Waals surface area contributed by atoms with E-state index in [9.17, 15) is 0 Å². The molecule has 1 aromatic heterocycles. The van der Waals surface area contributed by atoms with Gasteiger partial charge in [-0.25, -0.2) is 0 Å². The lowest BCUT2D eigenvalue weighted by molar-refractivity contribution is 0.610. The first-order valence-corrected chi connectivity index (χ1v) is 5.29. The molecule has 0 radical (unpaired) electrons. The fourth-order valence-electron chi connectivity index (χ4n) is 1.83. The number of rotatable bonds is 3. The van der Waals surface area contributed by atoms with E-state index in [0.29, 0.717) is 6.04 Å². The normalized spacial score (nSPS) is 13.3. The molecule has 15 heavy (non-hydrogen) atoms. The molecule has 1 N–H and O–H groups in total. The standard InChI is InChI=1S/C12H17N3/c1-9(13-2)7-10-5-4-6-12-11(10)8-15(3)14-12/h4-6,8-9,13H,7H2,1-3H3. The smallest absolute Gasteiger partial charge is 0.0925 e. The van der Waals surface area contributed by atoms with Gasteiger partial charge in [0.25, 0.3) is 0 Å². The van der Waals surface area contributed by atoms with Crippen LogP contribution in [0.5, 0.6) is 0 Å². The molecule has 2 aromatic rings. The maximum atomic E-state index is 4.40. The Morgan fingerprint density at radius 3 is 3.00 bits per heavy atom. The summed E-state index contributed by atoms with van der Waals surface area (Å²) >= 11 is 0. The molecule has 0 aliphatic rings. The maximum absolute atomic E-state index is 4.40. The monoisotopic (exact) mass is 203 g/mol. The Balaban J connectivity index is 2.41. The molecular weight excluding hydrogens is 186 g/mol. The Bertz CT molecular complexity index is 459. The van der Waals surface area contributed by atoms with Gasteiger partial charge in [-0.1, -0.05) is 12.1 Å². The zero-order chi connectivity index (χ0) is 10.8. The second-order valence-electron chi connectivity index (χ2n) is 4.05. The van der Waals surface area contributed by atoms with Crippen molar-refractivity contribution in [2.45, 2.75) is 19.4 Å². The van der Waals surface area contributed by atoms with Gasteiger partial charge in [-0.3, -0.25) is 4.68 Å². The predicted molar refractivity (Wildman–Crippen MR) is 62.9 cm³/mol. The number of nitrogens with zero attached hydrogens (tertiary/aromatic N) is 2. The lowest BCUT2D eigenvalue weighted by atomic mass is 10.0. The quantitative estimate of drug-likeness (QED) is 0.823. The van der Waals surface area contributed by atoms with Gasteiger partial charge < -0.3 is 5.32 Å². The first kappa shape index (κ1) is 10.2. The number of hydrogen-bond donors (Lipinski definition) is 1. The van der Waals surface area contributed by atoms with E-state index in [1.807, 2.05) is 18.8 Å². The van der Waals surface area contributed by atoms with Gasteiger partial charge in [0.2, 0.25) is 0 Å². The second-order valence-corrected chi connectivity index (χ2v) is 4.05. The molecule has 3 nitrogen and oxygen atoms in total. The Morgan fingerprint density at radius 1 is 1.47 bits per heavy atom. The first-order chi connectivity index (χ1) is 7.20. The van der Waals surface area contributed by atoms with Crippen LogP contribution in [0.1, 0.15) is 12.5 Å². The van der Waals surface area contributed by atoms with Gasteiger partial charge in [0, 0.05) is 24.7 Å². The Hall–Kier alpha value is -1.35. The molecule has 0 saturated heterocycles.